The molecule has 1 heterocycles. The van der Waals surface area contributed by atoms with Crippen molar-refractivity contribution >= 4 is 23.2 Å². The van der Waals surface area contributed by atoms with Gasteiger partial charge in [-0.15, -0.1) is 11.8 Å². The van der Waals surface area contributed by atoms with Crippen molar-refractivity contribution in [2.24, 2.45) is 10.9 Å². The number of thioether (sulfide) groups is 1. The van der Waals surface area contributed by atoms with Gasteiger partial charge in [-0.05, 0) is 53.8 Å². The normalized spacial score (nSPS) is 21.0. The third-order valence-electron chi connectivity index (χ3n) is 5.29. The SMILES string of the molecule is Fc1ccc(C2Sc3ccccc3N=C3c4ccccc4CCC32)cc1. The summed E-state index contributed by atoms with van der Waals surface area (Å²) in [7, 11) is 0. The smallest absolute Gasteiger partial charge is 0.123 e. The lowest BCUT2D eigenvalue weighted by molar-refractivity contribution is 0.594. The van der Waals surface area contributed by atoms with Crippen LogP contribution in [0.5, 0.6) is 0 Å². The quantitative estimate of drug-likeness (QED) is 0.493. The Bertz CT molecular complexity index is 993. The van der Waals surface area contributed by atoms with Crippen molar-refractivity contribution in [3.63, 3.8) is 0 Å². The Morgan fingerprint density at radius 3 is 2.54 bits per heavy atom. The molecule has 0 N–H and O–H groups in total. The third-order valence-corrected chi connectivity index (χ3v) is 6.75. The van der Waals surface area contributed by atoms with Crippen LogP contribution < -0.4 is 0 Å². The van der Waals surface area contributed by atoms with E-state index < -0.39 is 0 Å². The Morgan fingerprint density at radius 2 is 1.65 bits per heavy atom. The third kappa shape index (κ3) is 2.67. The zero-order valence-electron chi connectivity index (χ0n) is 14.2. The molecule has 0 fully saturated rings. The number of nitrogens with zero attached hydrogens (tertiary/aromatic N) is 1. The maximum absolute atomic E-state index is 13.5. The summed E-state index contributed by atoms with van der Waals surface area (Å²) in [6, 6.07) is 24.0. The van der Waals surface area contributed by atoms with E-state index in [2.05, 4.69) is 42.5 Å². The Balaban J connectivity index is 1.70. The second-order valence-corrected chi connectivity index (χ2v) is 8.04. The molecule has 3 heteroatoms. The first-order valence-electron chi connectivity index (χ1n) is 8.97. The Labute approximate surface area is 157 Å². The van der Waals surface area contributed by atoms with Crippen molar-refractivity contribution in [1.82, 2.24) is 0 Å². The number of rotatable bonds is 1. The number of aliphatic imine (C=N–C) groups is 1. The van der Waals surface area contributed by atoms with Gasteiger partial charge < -0.3 is 0 Å². The van der Waals surface area contributed by atoms with Crippen molar-refractivity contribution in [1.29, 1.82) is 0 Å². The average Bonchev–Trinajstić information content (AvgIpc) is 2.85. The van der Waals surface area contributed by atoms with Gasteiger partial charge in [0.1, 0.15) is 5.82 Å². The molecule has 0 spiro atoms. The van der Waals surface area contributed by atoms with E-state index >= 15 is 0 Å². The highest BCUT2D eigenvalue weighted by molar-refractivity contribution is 7.99. The van der Waals surface area contributed by atoms with Crippen molar-refractivity contribution < 1.29 is 4.39 Å². The fourth-order valence-electron chi connectivity index (χ4n) is 4.02. The van der Waals surface area contributed by atoms with Gasteiger partial charge in [0, 0.05) is 16.1 Å². The van der Waals surface area contributed by atoms with E-state index in [9.17, 15) is 4.39 Å². The van der Waals surface area contributed by atoms with Crippen LogP contribution in [0.3, 0.4) is 0 Å². The standard InChI is InChI=1S/C23H18FNS/c24-17-12-9-16(10-13-17)23-19-14-11-15-5-1-2-6-18(15)22(19)25-20-7-3-4-8-21(20)26-23/h1-10,12-13,19,23H,11,14H2. The fraction of sp³-hybridized carbons (Fsp3) is 0.174. The predicted molar refractivity (Wildman–Crippen MR) is 106 cm³/mol. The lowest BCUT2D eigenvalue weighted by Crippen LogP contribution is -2.27. The molecule has 2 atom stereocenters. The zero-order chi connectivity index (χ0) is 17.5. The molecule has 0 saturated carbocycles. The second-order valence-electron chi connectivity index (χ2n) is 6.86. The Hall–Kier alpha value is -2.39. The minimum atomic E-state index is -0.185. The summed E-state index contributed by atoms with van der Waals surface area (Å²) < 4.78 is 13.5. The molecule has 0 bridgehead atoms. The molecule has 1 nitrogen and oxygen atoms in total. The van der Waals surface area contributed by atoms with Crippen molar-refractivity contribution in [3.05, 3.63) is 95.3 Å². The van der Waals surface area contributed by atoms with E-state index in [-0.39, 0.29) is 11.1 Å². The van der Waals surface area contributed by atoms with Gasteiger partial charge in [0.15, 0.2) is 0 Å². The number of aryl methyl sites for hydroxylation is 1. The molecule has 3 aromatic carbocycles. The van der Waals surface area contributed by atoms with E-state index in [1.165, 1.54) is 27.3 Å². The van der Waals surface area contributed by atoms with Gasteiger partial charge in [-0.1, -0.05) is 48.5 Å². The number of fused-ring (bicyclic) bond motifs is 4. The Kier molecular flexibility index (Phi) is 3.90. The highest BCUT2D eigenvalue weighted by Crippen LogP contribution is 2.50. The fourth-order valence-corrected chi connectivity index (χ4v) is 5.41. The van der Waals surface area contributed by atoms with Gasteiger partial charge in [-0.3, -0.25) is 4.99 Å². The predicted octanol–water partition coefficient (Wildman–Crippen LogP) is 6.36. The first-order chi connectivity index (χ1) is 12.8. The van der Waals surface area contributed by atoms with Crippen LogP contribution in [0.4, 0.5) is 10.1 Å². The molecule has 128 valence electrons. The first kappa shape index (κ1) is 15.8. The minimum absolute atomic E-state index is 0.185. The van der Waals surface area contributed by atoms with E-state index in [4.69, 9.17) is 4.99 Å². The van der Waals surface area contributed by atoms with Crippen LogP contribution in [-0.2, 0) is 6.42 Å². The molecule has 1 aliphatic heterocycles. The van der Waals surface area contributed by atoms with Crippen LogP contribution in [0.2, 0.25) is 0 Å². The van der Waals surface area contributed by atoms with Gasteiger partial charge >= 0.3 is 0 Å². The summed E-state index contributed by atoms with van der Waals surface area (Å²) >= 11 is 1.86. The van der Waals surface area contributed by atoms with Crippen molar-refractivity contribution in [3.8, 4) is 0 Å². The summed E-state index contributed by atoms with van der Waals surface area (Å²) in [5.74, 6) is 0.142. The molecule has 26 heavy (non-hydrogen) atoms. The van der Waals surface area contributed by atoms with Crippen LogP contribution in [0.25, 0.3) is 0 Å². The highest BCUT2D eigenvalue weighted by atomic mass is 32.2. The lowest BCUT2D eigenvalue weighted by atomic mass is 9.78. The number of halogens is 1. The van der Waals surface area contributed by atoms with Gasteiger partial charge in [0.25, 0.3) is 0 Å². The number of para-hydroxylation sites is 1. The lowest BCUT2D eigenvalue weighted by Gasteiger charge is -2.31. The molecule has 2 unspecified atom stereocenters. The summed E-state index contributed by atoms with van der Waals surface area (Å²) in [6.07, 6.45) is 2.13. The van der Waals surface area contributed by atoms with E-state index in [0.717, 1.165) is 18.5 Å². The highest BCUT2D eigenvalue weighted by Gasteiger charge is 2.35. The van der Waals surface area contributed by atoms with Crippen molar-refractivity contribution in [2.45, 2.75) is 23.0 Å². The second kappa shape index (κ2) is 6.40. The van der Waals surface area contributed by atoms with E-state index in [0.29, 0.717) is 5.92 Å². The van der Waals surface area contributed by atoms with Gasteiger partial charge in [0.05, 0.1) is 11.4 Å². The Morgan fingerprint density at radius 1 is 0.885 bits per heavy atom. The number of benzene rings is 3. The molecule has 2 aliphatic rings. The first-order valence-corrected chi connectivity index (χ1v) is 9.85. The molecule has 0 aromatic heterocycles. The van der Waals surface area contributed by atoms with Crippen LogP contribution >= 0.6 is 11.8 Å². The monoisotopic (exact) mass is 359 g/mol. The number of hydrogen-bond donors (Lipinski definition) is 0. The summed E-state index contributed by atoms with van der Waals surface area (Å²) in [4.78, 5) is 6.31. The molecule has 1 aliphatic carbocycles. The summed E-state index contributed by atoms with van der Waals surface area (Å²) in [5, 5.41) is 0.242. The van der Waals surface area contributed by atoms with Crippen LogP contribution in [0.15, 0.2) is 82.7 Å². The largest absolute Gasteiger partial charge is 0.251 e. The van der Waals surface area contributed by atoms with Crippen LogP contribution in [0.1, 0.15) is 28.4 Å². The molecular weight excluding hydrogens is 341 g/mol. The molecule has 0 saturated heterocycles. The van der Waals surface area contributed by atoms with E-state index in [1.807, 2.05) is 30.0 Å². The summed E-state index contributed by atoms with van der Waals surface area (Å²) in [6.45, 7) is 0. The van der Waals surface area contributed by atoms with Crippen LogP contribution in [0, 0.1) is 11.7 Å². The van der Waals surface area contributed by atoms with Gasteiger partial charge in [0.2, 0.25) is 0 Å². The van der Waals surface area contributed by atoms with Crippen molar-refractivity contribution in [2.75, 3.05) is 0 Å². The maximum atomic E-state index is 13.5. The number of hydrogen-bond acceptors (Lipinski definition) is 2. The molecule has 0 radical (unpaired) electrons. The van der Waals surface area contributed by atoms with Gasteiger partial charge in [-0.25, -0.2) is 4.39 Å². The van der Waals surface area contributed by atoms with Gasteiger partial charge in [-0.2, -0.15) is 0 Å². The van der Waals surface area contributed by atoms with Crippen LogP contribution in [-0.4, -0.2) is 5.71 Å². The maximum Gasteiger partial charge on any atom is 0.123 e. The molecule has 3 aromatic rings. The molecular formula is C23H18FNS. The topological polar surface area (TPSA) is 12.4 Å². The summed E-state index contributed by atoms with van der Waals surface area (Å²) in [5.41, 5.74) is 6.04. The molecule has 0 amide bonds. The average molecular weight is 359 g/mol. The zero-order valence-corrected chi connectivity index (χ0v) is 15.0. The minimum Gasteiger partial charge on any atom is -0.251 e. The van der Waals surface area contributed by atoms with E-state index in [1.54, 1.807) is 12.1 Å². The molecule has 5 rings (SSSR count).